The molecule has 0 heterocycles. The van der Waals surface area contributed by atoms with Gasteiger partial charge in [-0.05, 0) is 20.8 Å². The van der Waals surface area contributed by atoms with E-state index in [4.69, 9.17) is 0 Å². The summed E-state index contributed by atoms with van der Waals surface area (Å²) in [5.74, 6) is 0. The first-order valence-electron chi connectivity index (χ1n) is 4.89. The standard InChI is InChI=1S/C9H22N2O2S/c1-8(2)10-6-7-11-14(12,13)9(3,4)5/h8,10-11H,6-7H2,1-5H3. The predicted octanol–water partition coefficient (Wildman–Crippen LogP) is 0.702. The Bertz CT molecular complexity index is 252. The lowest BCUT2D eigenvalue weighted by molar-refractivity contribution is 0.534. The molecule has 0 bridgehead atoms. The van der Waals surface area contributed by atoms with E-state index in [2.05, 4.69) is 10.0 Å². The van der Waals surface area contributed by atoms with Crippen LogP contribution in [-0.4, -0.2) is 32.3 Å². The quantitative estimate of drug-likeness (QED) is 0.673. The van der Waals surface area contributed by atoms with Crippen molar-refractivity contribution in [1.29, 1.82) is 0 Å². The summed E-state index contributed by atoms with van der Waals surface area (Å²) in [6, 6.07) is 0.383. The first-order valence-corrected chi connectivity index (χ1v) is 6.38. The molecule has 0 saturated heterocycles. The average Bonchev–Trinajstić information content (AvgIpc) is 1.95. The third-order valence-electron chi connectivity index (χ3n) is 1.78. The number of hydrogen-bond acceptors (Lipinski definition) is 3. The third-order valence-corrected chi connectivity index (χ3v) is 3.97. The van der Waals surface area contributed by atoms with Gasteiger partial charge in [-0.15, -0.1) is 0 Å². The van der Waals surface area contributed by atoms with Gasteiger partial charge in [0.15, 0.2) is 0 Å². The summed E-state index contributed by atoms with van der Waals surface area (Å²) in [6.07, 6.45) is 0. The summed E-state index contributed by atoms with van der Waals surface area (Å²) >= 11 is 0. The molecule has 0 aromatic carbocycles. The highest BCUT2D eigenvalue weighted by atomic mass is 32.2. The van der Waals surface area contributed by atoms with Crippen LogP contribution in [0.1, 0.15) is 34.6 Å². The summed E-state index contributed by atoms with van der Waals surface area (Å²) in [7, 11) is -3.19. The topological polar surface area (TPSA) is 58.2 Å². The van der Waals surface area contributed by atoms with Gasteiger partial charge < -0.3 is 5.32 Å². The second-order valence-corrected chi connectivity index (χ2v) is 7.14. The molecule has 0 radical (unpaired) electrons. The van der Waals surface area contributed by atoms with Crippen molar-refractivity contribution < 1.29 is 8.42 Å². The number of rotatable bonds is 5. The minimum Gasteiger partial charge on any atom is -0.313 e. The summed E-state index contributed by atoms with van der Waals surface area (Å²) in [5, 5.41) is 3.14. The molecule has 2 N–H and O–H groups in total. The molecule has 86 valence electrons. The fourth-order valence-electron chi connectivity index (χ4n) is 0.763. The molecule has 0 aliphatic carbocycles. The van der Waals surface area contributed by atoms with E-state index in [1.807, 2.05) is 13.8 Å². The first kappa shape index (κ1) is 13.9. The van der Waals surface area contributed by atoms with E-state index < -0.39 is 14.8 Å². The van der Waals surface area contributed by atoms with E-state index in [1.165, 1.54) is 0 Å². The fraction of sp³-hybridized carbons (Fsp3) is 1.00. The lowest BCUT2D eigenvalue weighted by Gasteiger charge is -2.20. The highest BCUT2D eigenvalue weighted by molar-refractivity contribution is 7.90. The van der Waals surface area contributed by atoms with Gasteiger partial charge in [0, 0.05) is 19.1 Å². The van der Waals surface area contributed by atoms with Crippen LogP contribution < -0.4 is 10.0 Å². The van der Waals surface area contributed by atoms with Crippen molar-refractivity contribution in [2.24, 2.45) is 0 Å². The largest absolute Gasteiger partial charge is 0.313 e. The molecular weight excluding hydrogens is 200 g/mol. The van der Waals surface area contributed by atoms with E-state index >= 15 is 0 Å². The Morgan fingerprint density at radius 2 is 1.64 bits per heavy atom. The second kappa shape index (κ2) is 5.09. The summed E-state index contributed by atoms with van der Waals surface area (Å²) in [6.45, 7) is 10.2. The van der Waals surface area contributed by atoms with Crippen LogP contribution in [0.15, 0.2) is 0 Å². The lowest BCUT2D eigenvalue weighted by Crippen LogP contribution is -2.42. The Morgan fingerprint density at radius 1 is 1.14 bits per heavy atom. The van der Waals surface area contributed by atoms with Crippen molar-refractivity contribution in [2.75, 3.05) is 13.1 Å². The molecule has 0 aromatic rings. The Morgan fingerprint density at radius 3 is 2.00 bits per heavy atom. The minimum atomic E-state index is -3.19. The summed E-state index contributed by atoms with van der Waals surface area (Å²) in [5.41, 5.74) is 0. The highest BCUT2D eigenvalue weighted by Crippen LogP contribution is 2.12. The molecule has 14 heavy (non-hydrogen) atoms. The van der Waals surface area contributed by atoms with Crippen molar-refractivity contribution in [2.45, 2.75) is 45.4 Å². The van der Waals surface area contributed by atoms with Crippen LogP contribution in [0, 0.1) is 0 Å². The molecule has 0 amide bonds. The van der Waals surface area contributed by atoms with Crippen molar-refractivity contribution in [3.05, 3.63) is 0 Å². The zero-order chi connectivity index (χ0) is 11.4. The van der Waals surface area contributed by atoms with Gasteiger partial charge in [-0.1, -0.05) is 13.8 Å². The third kappa shape index (κ3) is 4.93. The van der Waals surface area contributed by atoms with Gasteiger partial charge >= 0.3 is 0 Å². The minimum absolute atomic E-state index is 0.383. The van der Waals surface area contributed by atoms with Gasteiger partial charge in [-0.25, -0.2) is 13.1 Å². The zero-order valence-electron chi connectivity index (χ0n) is 9.72. The van der Waals surface area contributed by atoms with Gasteiger partial charge in [0.2, 0.25) is 10.0 Å². The van der Waals surface area contributed by atoms with Crippen LogP contribution in [0.5, 0.6) is 0 Å². The maximum Gasteiger partial charge on any atom is 0.216 e. The van der Waals surface area contributed by atoms with Gasteiger partial charge in [0.1, 0.15) is 0 Å². The van der Waals surface area contributed by atoms with E-state index in [-0.39, 0.29) is 0 Å². The van der Waals surface area contributed by atoms with E-state index in [0.29, 0.717) is 19.1 Å². The number of hydrogen-bond donors (Lipinski definition) is 2. The zero-order valence-corrected chi connectivity index (χ0v) is 10.5. The molecule has 0 aromatic heterocycles. The van der Waals surface area contributed by atoms with Gasteiger partial charge in [0.25, 0.3) is 0 Å². The Labute approximate surface area is 87.5 Å². The van der Waals surface area contributed by atoms with Crippen molar-refractivity contribution in [3.8, 4) is 0 Å². The number of sulfonamides is 1. The molecule has 0 fully saturated rings. The maximum atomic E-state index is 11.6. The molecule has 0 unspecified atom stereocenters. The lowest BCUT2D eigenvalue weighted by atomic mass is 10.3. The molecule has 4 nitrogen and oxygen atoms in total. The van der Waals surface area contributed by atoms with Crippen LogP contribution in [0.2, 0.25) is 0 Å². The molecule has 0 saturated carbocycles. The molecular formula is C9H22N2O2S. The molecule has 0 aliphatic rings. The van der Waals surface area contributed by atoms with E-state index in [1.54, 1.807) is 20.8 Å². The monoisotopic (exact) mass is 222 g/mol. The normalized spacial score (nSPS) is 13.6. The van der Waals surface area contributed by atoms with Gasteiger partial charge in [0.05, 0.1) is 4.75 Å². The van der Waals surface area contributed by atoms with Gasteiger partial charge in [-0.3, -0.25) is 0 Å². The van der Waals surface area contributed by atoms with Crippen LogP contribution >= 0.6 is 0 Å². The molecule has 0 rings (SSSR count). The molecule has 5 heteroatoms. The van der Waals surface area contributed by atoms with Crippen molar-refractivity contribution >= 4 is 10.0 Å². The average molecular weight is 222 g/mol. The second-order valence-electron chi connectivity index (χ2n) is 4.62. The van der Waals surface area contributed by atoms with E-state index in [0.717, 1.165) is 0 Å². The van der Waals surface area contributed by atoms with Crippen LogP contribution in [-0.2, 0) is 10.0 Å². The molecule has 0 spiro atoms. The maximum absolute atomic E-state index is 11.6. The predicted molar refractivity (Wildman–Crippen MR) is 59.8 cm³/mol. The van der Waals surface area contributed by atoms with Crippen molar-refractivity contribution in [1.82, 2.24) is 10.0 Å². The smallest absolute Gasteiger partial charge is 0.216 e. The Kier molecular flexibility index (Phi) is 5.05. The van der Waals surface area contributed by atoms with Crippen LogP contribution in [0.4, 0.5) is 0 Å². The molecule has 0 atom stereocenters. The van der Waals surface area contributed by atoms with Gasteiger partial charge in [-0.2, -0.15) is 0 Å². The Balaban J connectivity index is 3.91. The van der Waals surface area contributed by atoms with Crippen LogP contribution in [0.25, 0.3) is 0 Å². The molecule has 0 aliphatic heterocycles. The fourth-order valence-corrected chi connectivity index (χ4v) is 1.57. The first-order chi connectivity index (χ1) is 6.17. The van der Waals surface area contributed by atoms with Crippen LogP contribution in [0.3, 0.4) is 0 Å². The summed E-state index contributed by atoms with van der Waals surface area (Å²) in [4.78, 5) is 0. The van der Waals surface area contributed by atoms with Crippen molar-refractivity contribution in [3.63, 3.8) is 0 Å². The Hall–Kier alpha value is -0.130. The SMILES string of the molecule is CC(C)NCCNS(=O)(=O)C(C)(C)C. The summed E-state index contributed by atoms with van der Waals surface area (Å²) < 4.78 is 24.9. The highest BCUT2D eigenvalue weighted by Gasteiger charge is 2.27. The number of nitrogens with one attached hydrogen (secondary N) is 2. The van der Waals surface area contributed by atoms with E-state index in [9.17, 15) is 8.42 Å².